The van der Waals surface area contributed by atoms with E-state index in [4.69, 9.17) is 9.84 Å². The molecule has 132 valence electrons. The van der Waals surface area contributed by atoms with Crippen molar-refractivity contribution in [1.82, 2.24) is 4.90 Å². The molecule has 1 amide bonds. The first-order chi connectivity index (χ1) is 11.2. The maximum absolute atomic E-state index is 14.7. The summed E-state index contributed by atoms with van der Waals surface area (Å²) in [5.41, 5.74) is -0.0830. The first-order valence-corrected chi connectivity index (χ1v) is 8.12. The lowest BCUT2D eigenvalue weighted by molar-refractivity contribution is 0.0143. The average Bonchev–Trinajstić information content (AvgIpc) is 2.53. The zero-order valence-corrected chi connectivity index (χ0v) is 14.3. The number of piperidine rings is 1. The summed E-state index contributed by atoms with van der Waals surface area (Å²) in [5.74, 6) is -1.29. The van der Waals surface area contributed by atoms with Gasteiger partial charge in [0.25, 0.3) is 0 Å². The van der Waals surface area contributed by atoms with Crippen LogP contribution < -0.4 is 0 Å². The largest absolute Gasteiger partial charge is 0.478 e. The molecule has 1 atom stereocenters. The van der Waals surface area contributed by atoms with Gasteiger partial charge < -0.3 is 14.7 Å². The molecule has 6 heteroatoms. The van der Waals surface area contributed by atoms with E-state index in [9.17, 15) is 14.0 Å². The number of hydrogen-bond donors (Lipinski definition) is 1. The van der Waals surface area contributed by atoms with Crippen LogP contribution in [0.2, 0.25) is 0 Å². The highest BCUT2D eigenvalue weighted by Gasteiger charge is 2.31. The Kier molecular flexibility index (Phi) is 5.47. The van der Waals surface area contributed by atoms with Gasteiger partial charge in [0.15, 0.2) is 0 Å². The minimum atomic E-state index is -1.23. The highest BCUT2D eigenvalue weighted by Crippen LogP contribution is 2.34. The average molecular weight is 337 g/mol. The summed E-state index contributed by atoms with van der Waals surface area (Å²) >= 11 is 0. The van der Waals surface area contributed by atoms with Gasteiger partial charge in [0.1, 0.15) is 11.8 Å². The standard InChI is InChI=1S/C18H24FNO4/c1-18(2,3)24-17(23)20-9-7-12(8-10-20)15(19)13-5-4-6-14(11-13)16(21)22/h4-6,11-12,15H,7-10H2,1-3H3,(H,21,22). The van der Waals surface area contributed by atoms with Crippen LogP contribution in [0.1, 0.15) is 55.7 Å². The van der Waals surface area contributed by atoms with Gasteiger partial charge in [-0.2, -0.15) is 0 Å². The van der Waals surface area contributed by atoms with Gasteiger partial charge in [0, 0.05) is 13.1 Å². The van der Waals surface area contributed by atoms with Crippen molar-refractivity contribution in [2.75, 3.05) is 13.1 Å². The van der Waals surface area contributed by atoms with Crippen molar-refractivity contribution < 1.29 is 23.8 Å². The van der Waals surface area contributed by atoms with Crippen LogP contribution in [0.5, 0.6) is 0 Å². The Morgan fingerprint density at radius 2 is 1.92 bits per heavy atom. The molecular formula is C18H24FNO4. The number of likely N-dealkylation sites (tertiary alicyclic amines) is 1. The zero-order valence-electron chi connectivity index (χ0n) is 14.3. The molecule has 5 nitrogen and oxygen atoms in total. The zero-order chi connectivity index (χ0) is 17.9. The number of carbonyl (C=O) groups excluding carboxylic acids is 1. The van der Waals surface area contributed by atoms with Gasteiger partial charge in [-0.25, -0.2) is 14.0 Å². The third-order valence-corrected chi connectivity index (χ3v) is 4.06. The Bertz CT molecular complexity index is 603. The fourth-order valence-electron chi connectivity index (χ4n) is 2.82. The number of nitrogens with zero attached hydrogens (tertiary/aromatic N) is 1. The second-order valence-corrected chi connectivity index (χ2v) is 7.14. The number of rotatable bonds is 3. The molecule has 2 rings (SSSR count). The number of carbonyl (C=O) groups is 2. The lowest BCUT2D eigenvalue weighted by atomic mass is 9.88. The first kappa shape index (κ1) is 18.2. The third kappa shape index (κ3) is 4.69. The molecule has 24 heavy (non-hydrogen) atoms. The molecule has 0 saturated carbocycles. The molecule has 1 aromatic carbocycles. The quantitative estimate of drug-likeness (QED) is 0.904. The molecule has 1 unspecified atom stereocenters. The molecule has 1 heterocycles. The van der Waals surface area contributed by atoms with E-state index >= 15 is 0 Å². The summed E-state index contributed by atoms with van der Waals surface area (Å²) in [4.78, 5) is 24.6. The lowest BCUT2D eigenvalue weighted by Crippen LogP contribution is -2.42. The van der Waals surface area contributed by atoms with Crippen molar-refractivity contribution >= 4 is 12.1 Å². The molecule has 0 aliphatic carbocycles. The van der Waals surface area contributed by atoms with Gasteiger partial charge in [-0.3, -0.25) is 0 Å². The van der Waals surface area contributed by atoms with Crippen molar-refractivity contribution in [2.45, 2.75) is 45.4 Å². The molecule has 1 N–H and O–H groups in total. The Hall–Kier alpha value is -2.11. The van der Waals surface area contributed by atoms with Crippen LogP contribution in [-0.2, 0) is 4.74 Å². The van der Waals surface area contributed by atoms with E-state index in [0.717, 1.165) is 0 Å². The van der Waals surface area contributed by atoms with Gasteiger partial charge in [0.2, 0.25) is 0 Å². The van der Waals surface area contributed by atoms with E-state index in [1.807, 2.05) is 20.8 Å². The van der Waals surface area contributed by atoms with Gasteiger partial charge in [0.05, 0.1) is 5.56 Å². The summed E-state index contributed by atoms with van der Waals surface area (Å²) in [6, 6.07) is 6.00. The van der Waals surface area contributed by atoms with Crippen LogP contribution in [-0.4, -0.2) is 40.8 Å². The summed E-state index contributed by atoms with van der Waals surface area (Å²) in [5, 5.41) is 9.01. The molecule has 0 bridgehead atoms. The molecular weight excluding hydrogens is 313 g/mol. The number of benzene rings is 1. The van der Waals surface area contributed by atoms with Gasteiger partial charge in [-0.05, 0) is 57.2 Å². The van der Waals surface area contributed by atoms with Crippen molar-refractivity contribution in [1.29, 1.82) is 0 Å². The lowest BCUT2D eigenvalue weighted by Gasteiger charge is -2.34. The molecule has 1 aliphatic heterocycles. The van der Waals surface area contributed by atoms with Crippen molar-refractivity contribution in [3.05, 3.63) is 35.4 Å². The number of halogens is 1. The van der Waals surface area contributed by atoms with Crippen molar-refractivity contribution in [2.24, 2.45) is 5.92 Å². The molecule has 0 aromatic heterocycles. The smallest absolute Gasteiger partial charge is 0.410 e. The topological polar surface area (TPSA) is 66.8 Å². The van der Waals surface area contributed by atoms with E-state index in [-0.39, 0.29) is 17.6 Å². The Labute approximate surface area is 141 Å². The fraction of sp³-hybridized carbons (Fsp3) is 0.556. The summed E-state index contributed by atoms with van der Waals surface area (Å²) in [7, 11) is 0. The van der Waals surface area contributed by atoms with Crippen LogP contribution in [0.15, 0.2) is 24.3 Å². The normalized spacial score (nSPS) is 17.4. The van der Waals surface area contributed by atoms with Gasteiger partial charge in [-0.1, -0.05) is 12.1 Å². The highest BCUT2D eigenvalue weighted by molar-refractivity contribution is 5.87. The number of carboxylic acids is 1. The van der Waals surface area contributed by atoms with E-state index in [1.165, 1.54) is 12.1 Å². The molecule has 1 fully saturated rings. The van der Waals surface area contributed by atoms with Crippen LogP contribution in [0.4, 0.5) is 9.18 Å². The minimum absolute atomic E-state index is 0.0846. The van der Waals surface area contributed by atoms with Crippen LogP contribution in [0, 0.1) is 5.92 Å². The number of aromatic carboxylic acids is 1. The van der Waals surface area contributed by atoms with Crippen molar-refractivity contribution in [3.8, 4) is 0 Å². The number of amides is 1. The second-order valence-electron chi connectivity index (χ2n) is 7.14. The molecule has 0 radical (unpaired) electrons. The van der Waals surface area contributed by atoms with Gasteiger partial charge in [-0.15, -0.1) is 0 Å². The van der Waals surface area contributed by atoms with Crippen LogP contribution in [0.25, 0.3) is 0 Å². The molecule has 1 aliphatic rings. The summed E-state index contributed by atoms with van der Waals surface area (Å²) < 4.78 is 20.1. The number of hydrogen-bond acceptors (Lipinski definition) is 3. The maximum atomic E-state index is 14.7. The number of alkyl halides is 1. The number of carboxylic acid groups (broad SMARTS) is 1. The predicted octanol–water partition coefficient (Wildman–Crippen LogP) is 4.04. The molecule has 1 saturated heterocycles. The summed E-state index contributed by atoms with van der Waals surface area (Å²) in [6.45, 7) is 6.32. The Morgan fingerprint density at radius 1 is 1.29 bits per heavy atom. The fourth-order valence-corrected chi connectivity index (χ4v) is 2.82. The van der Waals surface area contributed by atoms with E-state index in [1.54, 1.807) is 17.0 Å². The van der Waals surface area contributed by atoms with Crippen molar-refractivity contribution in [3.63, 3.8) is 0 Å². The first-order valence-electron chi connectivity index (χ1n) is 8.12. The maximum Gasteiger partial charge on any atom is 0.410 e. The monoisotopic (exact) mass is 337 g/mol. The number of ether oxygens (including phenoxy) is 1. The highest BCUT2D eigenvalue weighted by atomic mass is 19.1. The van der Waals surface area contributed by atoms with E-state index in [0.29, 0.717) is 31.5 Å². The van der Waals surface area contributed by atoms with Crippen LogP contribution in [0.3, 0.4) is 0 Å². The Balaban J connectivity index is 1.95. The minimum Gasteiger partial charge on any atom is -0.478 e. The van der Waals surface area contributed by atoms with Crippen LogP contribution >= 0.6 is 0 Å². The molecule has 1 aromatic rings. The predicted molar refractivity (Wildman–Crippen MR) is 87.8 cm³/mol. The van der Waals surface area contributed by atoms with Gasteiger partial charge >= 0.3 is 12.1 Å². The van der Waals surface area contributed by atoms with E-state index < -0.39 is 17.7 Å². The summed E-state index contributed by atoms with van der Waals surface area (Å²) in [6.07, 6.45) is -0.551. The SMILES string of the molecule is CC(C)(C)OC(=O)N1CCC(C(F)c2cccc(C(=O)O)c2)CC1. The third-order valence-electron chi connectivity index (χ3n) is 4.06. The molecule has 0 spiro atoms. The van der Waals surface area contributed by atoms with E-state index in [2.05, 4.69) is 0 Å². The Morgan fingerprint density at radius 3 is 2.46 bits per heavy atom. The second kappa shape index (κ2) is 7.20.